The van der Waals surface area contributed by atoms with Crippen molar-refractivity contribution in [1.82, 2.24) is 0 Å². The molecule has 2 nitrogen and oxygen atoms in total. The predicted molar refractivity (Wildman–Crippen MR) is 116 cm³/mol. The number of hydrogen-bond acceptors (Lipinski definition) is 1. The van der Waals surface area contributed by atoms with Gasteiger partial charge in [0, 0.05) is 5.57 Å². The minimum atomic E-state index is -0.608. The zero-order valence-corrected chi connectivity index (χ0v) is 16.8. The zero-order chi connectivity index (χ0) is 20.1. The monoisotopic (exact) mass is 355 g/mol. The Morgan fingerprint density at radius 2 is 1.00 bits per heavy atom. The Bertz CT molecular complexity index is 577. The lowest BCUT2D eigenvalue weighted by molar-refractivity contribution is -0.114. The number of hydrogen-bond donors (Lipinski definition) is 1. The van der Waals surface area contributed by atoms with Crippen molar-refractivity contribution in [2.75, 3.05) is 0 Å². The van der Waals surface area contributed by atoms with E-state index in [1.807, 2.05) is 0 Å². The van der Waals surface area contributed by atoms with Gasteiger partial charge < -0.3 is 5.73 Å². The van der Waals surface area contributed by atoms with Gasteiger partial charge in [-0.05, 0) is 40.7 Å². The fourth-order valence-corrected chi connectivity index (χ4v) is 2.71. The van der Waals surface area contributed by atoms with Gasteiger partial charge in [0.15, 0.2) is 0 Å². The summed E-state index contributed by atoms with van der Waals surface area (Å²) in [5, 5.41) is 0. The third kappa shape index (κ3) is 8.84. The Morgan fingerprint density at radius 1 is 0.615 bits per heavy atom. The molecule has 0 rings (SSSR count). The Morgan fingerprint density at radius 3 is 1.46 bits per heavy atom. The summed E-state index contributed by atoms with van der Waals surface area (Å²) in [6, 6.07) is 0. The zero-order valence-electron chi connectivity index (χ0n) is 16.8. The lowest BCUT2D eigenvalue weighted by Gasteiger charge is -2.16. The van der Waals surface area contributed by atoms with Crippen LogP contribution in [-0.2, 0) is 4.79 Å². The fourth-order valence-electron chi connectivity index (χ4n) is 2.71. The van der Waals surface area contributed by atoms with E-state index in [1.54, 1.807) is 0 Å². The van der Waals surface area contributed by atoms with Crippen molar-refractivity contribution >= 4 is 5.91 Å². The van der Waals surface area contributed by atoms with Crippen molar-refractivity contribution in [1.29, 1.82) is 0 Å². The van der Waals surface area contributed by atoms with Crippen molar-refractivity contribution in [2.45, 2.75) is 71.1 Å². The molecule has 0 heterocycles. The average molecular weight is 356 g/mol. The van der Waals surface area contributed by atoms with Crippen molar-refractivity contribution in [2.24, 2.45) is 5.73 Å². The van der Waals surface area contributed by atoms with Gasteiger partial charge in [0.1, 0.15) is 0 Å². The molecule has 0 aromatic heterocycles. The fraction of sp³-hybridized carbons (Fsp3) is 0.458. The summed E-state index contributed by atoms with van der Waals surface area (Å²) in [7, 11) is 0. The van der Waals surface area contributed by atoms with Gasteiger partial charge in [0.25, 0.3) is 0 Å². The van der Waals surface area contributed by atoms with Crippen molar-refractivity contribution < 1.29 is 4.79 Å². The van der Waals surface area contributed by atoms with Crippen molar-refractivity contribution in [3.8, 4) is 0 Å². The van der Waals surface area contributed by atoms with Crippen LogP contribution in [-0.4, -0.2) is 5.91 Å². The van der Waals surface area contributed by atoms with Crippen molar-refractivity contribution in [3.05, 3.63) is 72.9 Å². The number of unbranched alkanes of at least 4 members (excludes halogenated alkanes) is 8. The Hall–Kier alpha value is -2.09. The molecule has 0 atom stereocenters. The largest absolute Gasteiger partial charge is 0.366 e. The van der Waals surface area contributed by atoms with Gasteiger partial charge in [-0.1, -0.05) is 97.8 Å². The number of allylic oxidation sites excluding steroid dienone is 4. The lowest BCUT2D eigenvalue weighted by atomic mass is 9.88. The van der Waals surface area contributed by atoms with E-state index < -0.39 is 5.91 Å². The maximum atomic E-state index is 11.2. The molecule has 0 radical (unpaired) electrons. The van der Waals surface area contributed by atoms with Gasteiger partial charge >= 0.3 is 0 Å². The molecule has 0 bridgehead atoms. The summed E-state index contributed by atoms with van der Waals surface area (Å²) in [5.41, 5.74) is 8.67. The van der Waals surface area contributed by atoms with E-state index in [0.29, 0.717) is 16.7 Å². The van der Waals surface area contributed by atoms with Gasteiger partial charge in [-0.3, -0.25) is 4.79 Å². The van der Waals surface area contributed by atoms with Crippen LogP contribution in [0.25, 0.3) is 0 Å². The van der Waals surface area contributed by atoms with Crippen LogP contribution < -0.4 is 5.73 Å². The first kappa shape index (κ1) is 23.9. The molecule has 1 amide bonds. The minimum Gasteiger partial charge on any atom is -0.366 e. The van der Waals surface area contributed by atoms with Crippen LogP contribution in [0.2, 0.25) is 0 Å². The molecule has 0 fully saturated rings. The highest BCUT2D eigenvalue weighted by atomic mass is 16.1. The van der Waals surface area contributed by atoms with Crippen LogP contribution >= 0.6 is 0 Å². The number of amides is 1. The maximum absolute atomic E-state index is 11.2. The smallest absolute Gasteiger partial charge is 0.248 e. The first-order valence-corrected chi connectivity index (χ1v) is 9.67. The number of nitrogens with two attached hydrogens (primary N) is 1. The highest BCUT2D eigenvalue weighted by Crippen LogP contribution is 2.30. The average Bonchev–Trinajstić information content (AvgIpc) is 2.63. The van der Waals surface area contributed by atoms with E-state index in [2.05, 4.69) is 46.4 Å². The van der Waals surface area contributed by atoms with E-state index >= 15 is 0 Å². The topological polar surface area (TPSA) is 43.1 Å². The molecule has 0 aliphatic rings. The van der Waals surface area contributed by atoms with E-state index in [4.69, 9.17) is 5.73 Å². The maximum Gasteiger partial charge on any atom is 0.248 e. The quantitative estimate of drug-likeness (QED) is 0.186. The minimum absolute atomic E-state index is 0.147. The summed E-state index contributed by atoms with van der Waals surface area (Å²) in [5.74, 6) is -0.608. The second kappa shape index (κ2) is 13.2. The Balaban J connectivity index is 4.15. The molecule has 0 saturated carbocycles. The number of primary amides is 1. The van der Waals surface area contributed by atoms with Crippen molar-refractivity contribution in [3.63, 3.8) is 0 Å². The molecule has 144 valence electrons. The summed E-state index contributed by atoms with van der Waals surface area (Å²) in [4.78, 5) is 11.2. The molecule has 0 unspecified atom stereocenters. The van der Waals surface area contributed by atoms with Gasteiger partial charge in [-0.2, -0.15) is 0 Å². The first-order chi connectivity index (χ1) is 12.2. The second-order valence-electron chi connectivity index (χ2n) is 6.94. The van der Waals surface area contributed by atoms with E-state index in [0.717, 1.165) is 24.0 Å². The van der Waals surface area contributed by atoms with Gasteiger partial charge in [0.2, 0.25) is 5.91 Å². The second-order valence-corrected chi connectivity index (χ2v) is 6.94. The van der Waals surface area contributed by atoms with E-state index in [1.165, 1.54) is 51.4 Å². The molecule has 0 aromatic carbocycles. The predicted octanol–water partition coefficient (Wildman–Crippen LogP) is 6.73. The third-order valence-corrected chi connectivity index (χ3v) is 4.76. The van der Waals surface area contributed by atoms with Gasteiger partial charge in [0.05, 0.1) is 0 Å². The molecule has 2 N–H and O–H groups in total. The molecule has 0 aliphatic heterocycles. The van der Waals surface area contributed by atoms with Crippen LogP contribution in [0.15, 0.2) is 72.9 Å². The Kier molecular flexibility index (Phi) is 12.1. The first-order valence-electron chi connectivity index (χ1n) is 9.67. The number of carbonyl (C=O) groups is 1. The molecule has 0 spiro atoms. The molecular weight excluding hydrogens is 318 g/mol. The molecule has 0 aliphatic carbocycles. The summed E-state index contributed by atoms with van der Waals surface area (Å²) in [6.45, 7) is 25.9. The standard InChI is InChI=1S/C24H37NO/c1-8-9-10-11-12-13-14-15-16-17-18(2)19(3)20(4)21(5)22(6)23(7)24(25)26/h2-17H2,1H3,(H2,25,26). The summed E-state index contributed by atoms with van der Waals surface area (Å²) in [6.07, 6.45) is 12.5. The van der Waals surface area contributed by atoms with E-state index in [9.17, 15) is 4.79 Å². The highest BCUT2D eigenvalue weighted by molar-refractivity contribution is 5.97. The summed E-state index contributed by atoms with van der Waals surface area (Å²) >= 11 is 0. The highest BCUT2D eigenvalue weighted by Gasteiger charge is 2.15. The number of carbonyl (C=O) groups excluding carboxylic acids is 1. The van der Waals surface area contributed by atoms with Crippen LogP contribution in [0.4, 0.5) is 0 Å². The molecular formula is C24H37NO. The van der Waals surface area contributed by atoms with Gasteiger partial charge in [-0.25, -0.2) is 0 Å². The molecule has 2 heteroatoms. The number of rotatable bonds is 16. The van der Waals surface area contributed by atoms with E-state index in [-0.39, 0.29) is 5.57 Å². The molecule has 0 aromatic rings. The molecule has 0 saturated heterocycles. The van der Waals surface area contributed by atoms with Crippen LogP contribution in [0.1, 0.15) is 71.1 Å². The van der Waals surface area contributed by atoms with Crippen LogP contribution in [0.5, 0.6) is 0 Å². The lowest BCUT2D eigenvalue weighted by Crippen LogP contribution is -2.15. The van der Waals surface area contributed by atoms with Crippen LogP contribution in [0.3, 0.4) is 0 Å². The van der Waals surface area contributed by atoms with Crippen LogP contribution in [0, 0.1) is 0 Å². The summed E-state index contributed by atoms with van der Waals surface area (Å²) < 4.78 is 0. The van der Waals surface area contributed by atoms with Gasteiger partial charge in [-0.15, -0.1) is 0 Å². The third-order valence-electron chi connectivity index (χ3n) is 4.76. The SMILES string of the molecule is C=C(CCCCCCCCCCC)C(=C)C(=C)C(=C)C(=C)C(=C)C(N)=O. The Labute approximate surface area is 160 Å². The normalized spacial score (nSPS) is 10.2. The molecule has 26 heavy (non-hydrogen) atoms.